The van der Waals surface area contributed by atoms with Crippen molar-refractivity contribution in [1.29, 1.82) is 0 Å². The van der Waals surface area contributed by atoms with Crippen LogP contribution in [0.5, 0.6) is 0 Å². The van der Waals surface area contributed by atoms with Crippen molar-refractivity contribution in [2.75, 3.05) is 26.6 Å². The van der Waals surface area contributed by atoms with Crippen LogP contribution in [0.4, 0.5) is 4.79 Å². The van der Waals surface area contributed by atoms with Gasteiger partial charge in [-0.15, -0.1) is 11.6 Å². The number of methoxy groups -OCH3 is 1. The molecule has 1 aliphatic heterocycles. The number of hydrogen-bond donors (Lipinski definition) is 4. The molecule has 0 aromatic carbocycles. The summed E-state index contributed by atoms with van der Waals surface area (Å²) < 4.78 is 9.90. The summed E-state index contributed by atoms with van der Waals surface area (Å²) in [6.45, 7) is -0.416. The number of carbonyl (C=O) groups excluding carboxylic acids is 1. The van der Waals surface area contributed by atoms with Gasteiger partial charge in [-0.3, -0.25) is 4.90 Å². The lowest BCUT2D eigenvalue weighted by molar-refractivity contribution is -0.633. The largest absolute Gasteiger partial charge is 0.387 e. The summed E-state index contributed by atoms with van der Waals surface area (Å²) in [5.74, 6) is -0.212. The van der Waals surface area contributed by atoms with E-state index in [1.54, 1.807) is 0 Å². The lowest BCUT2D eigenvalue weighted by atomic mass is 9.97. The van der Waals surface area contributed by atoms with E-state index in [9.17, 15) is 35.3 Å². The highest BCUT2D eigenvalue weighted by Gasteiger charge is 2.48. The SMILES string of the molecule is CO[C@H]1O[C@H](C(O)N(C)C(=O)N(CCCl)[N+](=O)[O-])[C@@H](O)[C@H](O)[C@H]1O. The maximum atomic E-state index is 12.1. The van der Waals surface area contributed by atoms with E-state index in [1.165, 1.54) is 0 Å². The molecule has 6 atom stereocenters. The topological polar surface area (TPSA) is 166 Å². The van der Waals surface area contributed by atoms with E-state index in [0.29, 0.717) is 4.90 Å². The van der Waals surface area contributed by atoms with Gasteiger partial charge in [0.2, 0.25) is 0 Å². The van der Waals surface area contributed by atoms with Gasteiger partial charge in [0, 0.05) is 20.0 Å². The average molecular weight is 374 g/mol. The van der Waals surface area contributed by atoms with Crippen LogP contribution in [0.25, 0.3) is 0 Å². The number of carbonyl (C=O) groups is 1. The van der Waals surface area contributed by atoms with Crippen molar-refractivity contribution in [3.8, 4) is 0 Å². The number of likely N-dealkylation sites (N-methyl/N-ethyl adjacent to an activating group) is 1. The average Bonchev–Trinajstić information content (AvgIpc) is 2.55. The van der Waals surface area contributed by atoms with E-state index in [1.807, 2.05) is 0 Å². The Bertz CT molecular complexity index is 454. The Balaban J connectivity index is 2.92. The fourth-order valence-electron chi connectivity index (χ4n) is 2.16. The van der Waals surface area contributed by atoms with Gasteiger partial charge < -0.3 is 29.9 Å². The first kappa shape index (κ1) is 20.8. The number of rotatable bonds is 6. The zero-order valence-electron chi connectivity index (χ0n) is 12.9. The van der Waals surface area contributed by atoms with Crippen molar-refractivity contribution in [3.05, 3.63) is 10.1 Å². The lowest BCUT2D eigenvalue weighted by Gasteiger charge is -2.43. The maximum absolute atomic E-state index is 12.1. The van der Waals surface area contributed by atoms with Crippen LogP contribution >= 0.6 is 11.6 Å². The fourth-order valence-corrected chi connectivity index (χ4v) is 2.32. The van der Waals surface area contributed by atoms with E-state index in [4.69, 9.17) is 21.1 Å². The van der Waals surface area contributed by atoms with E-state index >= 15 is 0 Å². The van der Waals surface area contributed by atoms with Gasteiger partial charge in [0.05, 0.1) is 0 Å². The Morgan fingerprint density at radius 2 is 1.96 bits per heavy atom. The second-order valence-electron chi connectivity index (χ2n) is 5.03. The Morgan fingerprint density at radius 3 is 2.42 bits per heavy atom. The Labute approximate surface area is 141 Å². The van der Waals surface area contributed by atoms with Crippen molar-refractivity contribution in [2.45, 2.75) is 36.9 Å². The number of aliphatic hydroxyl groups excluding tert-OH is 4. The van der Waals surface area contributed by atoms with Gasteiger partial charge >= 0.3 is 6.03 Å². The molecule has 0 aromatic rings. The second kappa shape index (κ2) is 8.71. The molecule has 1 unspecified atom stereocenters. The standard InChI is InChI=1S/C11H20ClN3O9/c1-13(11(20)14(4-3-12)15(21)22)9(19)8-6(17)5(16)7(18)10(23-2)24-8/h5-10,16-19H,3-4H2,1-2H3/t5-,6-,7+,8-,9?,10-/m0/s1. The Morgan fingerprint density at radius 1 is 1.38 bits per heavy atom. The quantitative estimate of drug-likeness (QED) is 0.171. The van der Waals surface area contributed by atoms with Crippen LogP contribution in [0, 0.1) is 10.1 Å². The molecule has 0 bridgehead atoms. The highest BCUT2D eigenvalue weighted by atomic mass is 35.5. The van der Waals surface area contributed by atoms with Crippen LogP contribution < -0.4 is 0 Å². The number of urea groups is 1. The van der Waals surface area contributed by atoms with E-state index in [-0.39, 0.29) is 10.9 Å². The molecule has 1 heterocycles. The number of nitrogens with zero attached hydrogens (tertiary/aromatic N) is 3. The molecule has 4 N–H and O–H groups in total. The second-order valence-corrected chi connectivity index (χ2v) is 5.41. The van der Waals surface area contributed by atoms with Crippen molar-refractivity contribution in [1.82, 2.24) is 9.91 Å². The van der Waals surface area contributed by atoms with Crippen LogP contribution in [0.1, 0.15) is 0 Å². The molecule has 0 aliphatic carbocycles. The van der Waals surface area contributed by atoms with Crippen LogP contribution in [0.15, 0.2) is 0 Å². The molecule has 1 fully saturated rings. The number of amides is 2. The summed E-state index contributed by atoms with van der Waals surface area (Å²) in [5.41, 5.74) is 0. The summed E-state index contributed by atoms with van der Waals surface area (Å²) in [7, 11) is 2.19. The monoisotopic (exact) mass is 373 g/mol. The maximum Gasteiger partial charge on any atom is 0.379 e. The first-order valence-electron chi connectivity index (χ1n) is 6.82. The minimum atomic E-state index is -1.87. The molecule has 0 radical (unpaired) electrons. The molecule has 0 spiro atoms. The van der Waals surface area contributed by atoms with Gasteiger partial charge in [-0.05, 0) is 5.01 Å². The van der Waals surface area contributed by atoms with Crippen LogP contribution in [0.3, 0.4) is 0 Å². The van der Waals surface area contributed by atoms with Gasteiger partial charge in [-0.25, -0.2) is 14.9 Å². The predicted octanol–water partition coefficient (Wildman–Crippen LogP) is -2.46. The van der Waals surface area contributed by atoms with E-state index in [2.05, 4.69) is 0 Å². The third-order valence-corrected chi connectivity index (χ3v) is 3.71. The van der Waals surface area contributed by atoms with Crippen LogP contribution in [-0.4, -0.2) is 105 Å². The molecule has 24 heavy (non-hydrogen) atoms. The van der Waals surface area contributed by atoms with Crippen LogP contribution in [0.2, 0.25) is 0 Å². The number of halogens is 1. The molecule has 0 saturated carbocycles. The van der Waals surface area contributed by atoms with Crippen molar-refractivity contribution in [2.24, 2.45) is 0 Å². The third-order valence-electron chi connectivity index (χ3n) is 3.55. The molecule has 1 saturated heterocycles. The summed E-state index contributed by atoms with van der Waals surface area (Å²) in [6, 6.07) is -1.21. The van der Waals surface area contributed by atoms with Gasteiger partial charge in [-0.2, -0.15) is 0 Å². The van der Waals surface area contributed by atoms with E-state index in [0.717, 1.165) is 14.2 Å². The molecule has 1 rings (SSSR count). The highest BCUT2D eigenvalue weighted by Crippen LogP contribution is 2.25. The molecular weight excluding hydrogens is 354 g/mol. The summed E-state index contributed by atoms with van der Waals surface area (Å²) in [4.78, 5) is 23.5. The first-order valence-corrected chi connectivity index (χ1v) is 7.35. The van der Waals surface area contributed by atoms with Gasteiger partial charge in [0.1, 0.15) is 31.0 Å². The van der Waals surface area contributed by atoms with Gasteiger partial charge in [0.25, 0.3) is 0 Å². The molecule has 13 heteroatoms. The fraction of sp³-hybridized carbons (Fsp3) is 0.909. The van der Waals surface area contributed by atoms with Crippen molar-refractivity contribution >= 4 is 17.6 Å². The smallest absolute Gasteiger partial charge is 0.379 e. The van der Waals surface area contributed by atoms with Gasteiger partial charge in [0.15, 0.2) is 17.6 Å². The summed E-state index contributed by atoms with van der Waals surface area (Å²) in [6.07, 6.45) is -9.89. The van der Waals surface area contributed by atoms with Crippen LogP contribution in [-0.2, 0) is 9.47 Å². The van der Waals surface area contributed by atoms with Gasteiger partial charge in [-0.1, -0.05) is 0 Å². The molecule has 2 amide bonds. The normalized spacial score (nSPS) is 31.4. The molecule has 0 aromatic heterocycles. The molecule has 140 valence electrons. The number of alkyl halides is 1. The molecular formula is C11H20ClN3O9. The highest BCUT2D eigenvalue weighted by molar-refractivity contribution is 6.18. The molecule has 1 aliphatic rings. The summed E-state index contributed by atoms with van der Waals surface area (Å²) >= 11 is 5.39. The first-order chi connectivity index (χ1) is 11.2. The molecule has 12 nitrogen and oxygen atoms in total. The number of ether oxygens (including phenoxy) is 2. The van der Waals surface area contributed by atoms with E-state index < -0.39 is 54.5 Å². The van der Waals surface area contributed by atoms with Crippen molar-refractivity contribution < 1.29 is 39.7 Å². The number of nitro groups is 1. The zero-order chi connectivity index (χ0) is 18.6. The number of hydrogen-bond acceptors (Lipinski definition) is 9. The summed E-state index contributed by atoms with van der Waals surface area (Å²) in [5, 5.41) is 49.6. The minimum absolute atomic E-state index is 0.171. The number of hydrazine groups is 1. The minimum Gasteiger partial charge on any atom is -0.387 e. The Kier molecular flexibility index (Phi) is 7.54. The third kappa shape index (κ3) is 4.22. The zero-order valence-corrected chi connectivity index (χ0v) is 13.7. The van der Waals surface area contributed by atoms with Crippen molar-refractivity contribution in [3.63, 3.8) is 0 Å². The lowest BCUT2D eigenvalue weighted by Crippen LogP contribution is -2.64. The predicted molar refractivity (Wildman–Crippen MR) is 77.3 cm³/mol. The number of aliphatic hydroxyl groups is 4. The Hall–Kier alpha value is -1.28.